The number of nitrogens with zero attached hydrogens (tertiary/aromatic N) is 6. The molecule has 16 heteroatoms. The third kappa shape index (κ3) is 6.28. The lowest BCUT2D eigenvalue weighted by Crippen LogP contribution is -2.15. The molecule has 2 aliphatic carbocycles. The summed E-state index contributed by atoms with van der Waals surface area (Å²) in [4.78, 5) is 49.9. The molecule has 8 N–H and O–H groups in total. The van der Waals surface area contributed by atoms with Crippen molar-refractivity contribution >= 4 is 68.0 Å². The Labute approximate surface area is 306 Å². The van der Waals surface area contributed by atoms with Gasteiger partial charge in [0.15, 0.2) is 0 Å². The van der Waals surface area contributed by atoms with Crippen LogP contribution in [0.15, 0.2) is 61.4 Å². The van der Waals surface area contributed by atoms with Crippen LogP contribution in [0.5, 0.6) is 0 Å². The number of nitrogens with one attached hydrogen (secondary N) is 4. The number of nitrogens with two attached hydrogens (primary N) is 2. The van der Waals surface area contributed by atoms with Crippen LogP contribution in [0.1, 0.15) is 24.0 Å². The van der Waals surface area contributed by atoms with Crippen molar-refractivity contribution in [3.63, 3.8) is 0 Å². The number of halogens is 2. The molecule has 6 aromatic rings. The zero-order valence-corrected chi connectivity index (χ0v) is 28.7. The van der Waals surface area contributed by atoms with Gasteiger partial charge in [0.05, 0.1) is 47.0 Å². The minimum Gasteiger partial charge on any atom is -0.383 e. The lowest BCUT2D eigenvalue weighted by molar-refractivity contribution is -0.118. The van der Waals surface area contributed by atoms with Gasteiger partial charge in [-0.05, 0) is 71.8 Å². The Bertz CT molecular complexity index is 2340. The number of carbonyl (C=O) groups excluding carboxylic acids is 2. The fourth-order valence-corrected chi connectivity index (χ4v) is 6.97. The predicted molar refractivity (Wildman–Crippen MR) is 202 cm³/mol. The number of anilines is 6. The highest BCUT2D eigenvalue weighted by Gasteiger charge is 2.44. The summed E-state index contributed by atoms with van der Waals surface area (Å²) in [5.41, 5.74) is 20.0. The van der Waals surface area contributed by atoms with Crippen LogP contribution >= 0.6 is 0 Å². The predicted octanol–water partition coefficient (Wildman–Crippen LogP) is 5.08. The van der Waals surface area contributed by atoms with Crippen molar-refractivity contribution in [1.82, 2.24) is 29.9 Å². The SMILES string of the molecule is Nc1nc(-c2cncc3c2CCN3)cc2cc(NC(=O)[C@@H]3C[C@@H]3F)ncc12.Nc1nc(-c2cncc3c2CCN3)cc2cc(NC(=O)[C@H]3C[C@H]3F)ncc12. The molecule has 2 amide bonds. The number of pyridine rings is 6. The van der Waals surface area contributed by atoms with Crippen LogP contribution in [0.4, 0.5) is 43.4 Å². The number of hydrogen-bond acceptors (Lipinski definition) is 12. The standard InChI is InChI=1S/2C19H17FN6O/c2*20-14-5-11(14)19(27)26-17-4-9-3-15(25-18(21)12(9)7-24-17)13-6-22-8-16-10(13)1-2-23-16/h2*3-4,6-8,11,14,23H,1-2,5H2,(H2,21,25)(H,24,26,27)/t2*11-,14+/m10/s1. The van der Waals surface area contributed by atoms with E-state index in [1.807, 2.05) is 24.5 Å². The fourth-order valence-electron chi connectivity index (χ4n) is 6.97. The number of rotatable bonds is 6. The molecule has 2 aliphatic heterocycles. The van der Waals surface area contributed by atoms with Crippen LogP contribution in [-0.2, 0) is 22.4 Å². The van der Waals surface area contributed by atoms with Crippen LogP contribution in [0, 0.1) is 11.8 Å². The number of carbonyl (C=O) groups is 2. The molecule has 0 aromatic carbocycles. The summed E-state index contributed by atoms with van der Waals surface area (Å²) in [7, 11) is 0. The van der Waals surface area contributed by atoms with Gasteiger partial charge in [-0.25, -0.2) is 28.7 Å². The molecule has 0 unspecified atom stereocenters. The van der Waals surface area contributed by atoms with E-state index in [0.29, 0.717) is 34.0 Å². The molecular formula is C38H34F2N12O2. The van der Waals surface area contributed by atoms with E-state index >= 15 is 0 Å². The van der Waals surface area contributed by atoms with E-state index in [1.165, 1.54) is 11.1 Å². The second kappa shape index (κ2) is 13.1. The Kier molecular flexibility index (Phi) is 8.09. The van der Waals surface area contributed by atoms with Crippen molar-refractivity contribution in [2.75, 3.05) is 45.8 Å². The molecule has 0 saturated heterocycles. The normalized spacial score (nSPS) is 20.2. The van der Waals surface area contributed by atoms with Crippen LogP contribution in [0.25, 0.3) is 44.1 Å². The fraction of sp³-hybridized carbons (Fsp3) is 0.263. The first kappa shape index (κ1) is 33.3. The van der Waals surface area contributed by atoms with Crippen LogP contribution in [0.2, 0.25) is 0 Å². The Balaban J connectivity index is 0.000000142. The highest BCUT2D eigenvalue weighted by atomic mass is 19.1. The highest BCUT2D eigenvalue weighted by molar-refractivity contribution is 6.00. The molecular weight excluding hydrogens is 694 g/mol. The van der Waals surface area contributed by atoms with Gasteiger partial charge in [-0.3, -0.25) is 19.6 Å². The molecule has 6 aromatic heterocycles. The summed E-state index contributed by atoms with van der Waals surface area (Å²) in [5.74, 6) is -0.329. The number of fused-ring (bicyclic) bond motifs is 4. The quantitative estimate of drug-likeness (QED) is 0.133. The first-order valence-corrected chi connectivity index (χ1v) is 17.6. The Morgan fingerprint density at radius 3 is 1.48 bits per heavy atom. The molecule has 10 rings (SSSR count). The maximum Gasteiger partial charge on any atom is 0.231 e. The second-order valence-corrected chi connectivity index (χ2v) is 13.8. The first-order chi connectivity index (χ1) is 26.2. The van der Waals surface area contributed by atoms with Gasteiger partial charge in [0.25, 0.3) is 0 Å². The number of alkyl halides is 2. The zero-order valence-electron chi connectivity index (χ0n) is 28.7. The molecule has 0 spiro atoms. The minimum atomic E-state index is -1.04. The van der Waals surface area contributed by atoms with Crippen molar-refractivity contribution < 1.29 is 18.4 Å². The summed E-state index contributed by atoms with van der Waals surface area (Å²) >= 11 is 0. The van der Waals surface area contributed by atoms with Crippen molar-refractivity contribution in [1.29, 1.82) is 0 Å². The summed E-state index contributed by atoms with van der Waals surface area (Å²) < 4.78 is 26.1. The number of aromatic nitrogens is 6. The lowest BCUT2D eigenvalue weighted by Gasteiger charge is -2.11. The zero-order chi connectivity index (χ0) is 37.1. The summed E-state index contributed by atoms with van der Waals surface area (Å²) in [5, 5.41) is 15.0. The number of hydrogen-bond donors (Lipinski definition) is 6. The molecule has 4 atom stereocenters. The third-order valence-electron chi connectivity index (χ3n) is 10.1. The van der Waals surface area contributed by atoms with Gasteiger partial charge in [-0.1, -0.05) is 0 Å². The number of amides is 2. The number of nitrogen functional groups attached to an aromatic ring is 2. The average molecular weight is 729 g/mol. The average Bonchev–Trinajstić information content (AvgIpc) is 3.92. The van der Waals surface area contributed by atoms with E-state index in [-0.39, 0.29) is 24.7 Å². The Morgan fingerprint density at radius 2 is 1.07 bits per heavy atom. The molecule has 2 fully saturated rings. The first-order valence-electron chi connectivity index (χ1n) is 17.6. The van der Waals surface area contributed by atoms with Crippen molar-refractivity contribution in [2.24, 2.45) is 11.8 Å². The van der Waals surface area contributed by atoms with Gasteiger partial charge >= 0.3 is 0 Å². The molecule has 2 saturated carbocycles. The third-order valence-corrected chi connectivity index (χ3v) is 10.1. The van der Waals surface area contributed by atoms with Gasteiger partial charge in [-0.15, -0.1) is 0 Å². The molecule has 272 valence electrons. The van der Waals surface area contributed by atoms with Gasteiger partial charge in [-0.2, -0.15) is 0 Å². The van der Waals surface area contributed by atoms with Crippen molar-refractivity contribution in [3.8, 4) is 22.5 Å². The summed E-state index contributed by atoms with van der Waals surface area (Å²) in [6.07, 6.45) is 10.6. The largest absolute Gasteiger partial charge is 0.383 e. The van der Waals surface area contributed by atoms with E-state index < -0.39 is 24.2 Å². The topological polar surface area (TPSA) is 212 Å². The van der Waals surface area contributed by atoms with E-state index in [1.54, 1.807) is 36.9 Å². The Morgan fingerprint density at radius 1 is 0.648 bits per heavy atom. The van der Waals surface area contributed by atoms with Crippen molar-refractivity contribution in [3.05, 3.63) is 72.6 Å². The summed E-state index contributed by atoms with van der Waals surface area (Å²) in [6, 6.07) is 7.29. The highest BCUT2D eigenvalue weighted by Crippen LogP contribution is 2.38. The van der Waals surface area contributed by atoms with E-state index in [4.69, 9.17) is 11.5 Å². The van der Waals surface area contributed by atoms with E-state index in [9.17, 15) is 18.4 Å². The van der Waals surface area contributed by atoms with Gasteiger partial charge in [0.1, 0.15) is 35.6 Å². The molecule has 8 heterocycles. The maximum absolute atomic E-state index is 13.1. The van der Waals surface area contributed by atoms with E-state index in [2.05, 4.69) is 51.2 Å². The molecule has 0 bridgehead atoms. The molecule has 54 heavy (non-hydrogen) atoms. The van der Waals surface area contributed by atoms with Gasteiger partial charge in [0.2, 0.25) is 11.8 Å². The second-order valence-electron chi connectivity index (χ2n) is 13.8. The Hall–Kier alpha value is -6.58. The van der Waals surface area contributed by atoms with E-state index in [0.717, 1.165) is 70.6 Å². The molecule has 0 radical (unpaired) electrons. The van der Waals surface area contributed by atoms with Gasteiger partial charge < -0.3 is 32.7 Å². The molecule has 14 nitrogen and oxygen atoms in total. The van der Waals surface area contributed by atoms with Crippen molar-refractivity contribution in [2.45, 2.75) is 38.0 Å². The minimum absolute atomic E-state index is 0.278. The molecule has 4 aliphatic rings. The maximum atomic E-state index is 13.1. The lowest BCUT2D eigenvalue weighted by atomic mass is 10.0. The van der Waals surface area contributed by atoms with Crippen LogP contribution in [-0.4, -0.2) is 67.2 Å². The van der Waals surface area contributed by atoms with Gasteiger partial charge in [0, 0.05) is 59.8 Å². The van der Waals surface area contributed by atoms with Crippen LogP contribution in [0.3, 0.4) is 0 Å². The summed E-state index contributed by atoms with van der Waals surface area (Å²) in [6.45, 7) is 1.74. The van der Waals surface area contributed by atoms with Crippen LogP contribution < -0.4 is 32.7 Å². The smallest absolute Gasteiger partial charge is 0.231 e. The monoisotopic (exact) mass is 728 g/mol.